The fourth-order valence-corrected chi connectivity index (χ4v) is 1.44. The maximum absolute atomic E-state index is 13.4. The smallest absolute Gasteiger partial charge is 0.305 e. The van der Waals surface area contributed by atoms with E-state index < -0.39 is 28.5 Å². The first-order chi connectivity index (χ1) is 8.99. The second kappa shape index (κ2) is 7.07. The van der Waals surface area contributed by atoms with Gasteiger partial charge in [0.15, 0.2) is 6.29 Å². The molecule has 0 aliphatic rings. The Bertz CT molecular complexity index is 453. The highest BCUT2D eigenvalue weighted by molar-refractivity contribution is 5.37. The van der Waals surface area contributed by atoms with Crippen LogP contribution in [0.2, 0.25) is 0 Å². The molecule has 1 aromatic rings. The van der Waals surface area contributed by atoms with Crippen LogP contribution in [0.25, 0.3) is 0 Å². The molecule has 0 spiro atoms. The van der Waals surface area contributed by atoms with Gasteiger partial charge in [-0.1, -0.05) is 0 Å². The second-order valence-electron chi connectivity index (χ2n) is 3.68. The van der Waals surface area contributed by atoms with E-state index in [9.17, 15) is 18.9 Å². The molecule has 6 nitrogen and oxygen atoms in total. The number of methoxy groups -OCH3 is 2. The molecule has 0 heterocycles. The number of nitro groups is 1. The lowest BCUT2D eigenvalue weighted by Crippen LogP contribution is -2.29. The van der Waals surface area contributed by atoms with E-state index in [-0.39, 0.29) is 18.7 Å². The predicted octanol–water partition coefficient (Wildman–Crippen LogP) is 1.58. The number of benzene rings is 1. The van der Waals surface area contributed by atoms with Gasteiger partial charge in [0.1, 0.15) is 5.82 Å². The minimum absolute atomic E-state index is 0.000874. The van der Waals surface area contributed by atoms with Crippen molar-refractivity contribution in [2.75, 3.05) is 20.8 Å². The molecule has 0 aliphatic heterocycles. The monoisotopic (exact) mass is 276 g/mol. The number of nitro benzene ring substituents is 1. The van der Waals surface area contributed by atoms with Crippen molar-refractivity contribution >= 4 is 5.69 Å². The highest BCUT2D eigenvalue weighted by atomic mass is 19.1. The van der Waals surface area contributed by atoms with Crippen LogP contribution in [-0.4, -0.2) is 32.0 Å². The molecule has 0 fully saturated rings. The van der Waals surface area contributed by atoms with Crippen LogP contribution < -0.4 is 5.32 Å². The Balaban J connectivity index is 2.73. The largest absolute Gasteiger partial charge is 0.355 e. The van der Waals surface area contributed by atoms with Gasteiger partial charge in [0.2, 0.25) is 5.82 Å². The van der Waals surface area contributed by atoms with E-state index in [0.717, 1.165) is 6.07 Å². The topological polar surface area (TPSA) is 73.6 Å². The van der Waals surface area contributed by atoms with E-state index in [4.69, 9.17) is 9.47 Å². The Morgan fingerprint density at radius 2 is 1.95 bits per heavy atom. The Morgan fingerprint density at radius 3 is 2.47 bits per heavy atom. The minimum atomic E-state index is -1.20. The van der Waals surface area contributed by atoms with E-state index in [0.29, 0.717) is 6.07 Å². The molecule has 0 saturated heterocycles. The van der Waals surface area contributed by atoms with Crippen LogP contribution in [0.15, 0.2) is 12.1 Å². The zero-order chi connectivity index (χ0) is 14.4. The molecule has 0 aliphatic carbocycles. The van der Waals surface area contributed by atoms with E-state index in [1.54, 1.807) is 0 Å². The Morgan fingerprint density at radius 1 is 1.32 bits per heavy atom. The van der Waals surface area contributed by atoms with Crippen molar-refractivity contribution in [2.24, 2.45) is 0 Å². The molecule has 1 aromatic carbocycles. The average Bonchev–Trinajstić information content (AvgIpc) is 2.36. The average molecular weight is 276 g/mol. The highest BCUT2D eigenvalue weighted by Gasteiger charge is 2.18. The Kier molecular flexibility index (Phi) is 5.74. The zero-order valence-corrected chi connectivity index (χ0v) is 10.5. The third-order valence-corrected chi connectivity index (χ3v) is 2.46. The molecule has 0 radical (unpaired) electrons. The summed E-state index contributed by atoms with van der Waals surface area (Å²) in [7, 11) is 2.89. The van der Waals surface area contributed by atoms with Crippen molar-refractivity contribution in [3.8, 4) is 0 Å². The third kappa shape index (κ3) is 4.19. The van der Waals surface area contributed by atoms with Crippen molar-refractivity contribution < 1.29 is 23.2 Å². The molecular formula is C11H14F2N2O4. The molecule has 0 bridgehead atoms. The maximum atomic E-state index is 13.4. The first kappa shape index (κ1) is 15.4. The summed E-state index contributed by atoms with van der Waals surface area (Å²) < 4.78 is 36.3. The van der Waals surface area contributed by atoms with E-state index in [1.807, 2.05) is 0 Å². The van der Waals surface area contributed by atoms with Crippen LogP contribution in [0, 0.1) is 21.7 Å². The molecule has 1 N–H and O–H groups in total. The zero-order valence-electron chi connectivity index (χ0n) is 10.5. The van der Waals surface area contributed by atoms with Gasteiger partial charge >= 0.3 is 5.69 Å². The summed E-state index contributed by atoms with van der Waals surface area (Å²) >= 11 is 0. The first-order valence-electron chi connectivity index (χ1n) is 5.38. The molecular weight excluding hydrogens is 262 g/mol. The van der Waals surface area contributed by atoms with Gasteiger partial charge in [-0.05, 0) is 0 Å². The van der Waals surface area contributed by atoms with E-state index in [2.05, 4.69) is 5.32 Å². The van der Waals surface area contributed by atoms with Gasteiger partial charge in [-0.25, -0.2) is 4.39 Å². The van der Waals surface area contributed by atoms with Crippen LogP contribution in [0.3, 0.4) is 0 Å². The van der Waals surface area contributed by atoms with Crippen molar-refractivity contribution in [1.82, 2.24) is 5.32 Å². The van der Waals surface area contributed by atoms with Crippen LogP contribution in [0.1, 0.15) is 5.56 Å². The van der Waals surface area contributed by atoms with Crippen LogP contribution in [0.4, 0.5) is 14.5 Å². The lowest BCUT2D eigenvalue weighted by atomic mass is 10.2. The van der Waals surface area contributed by atoms with Crippen LogP contribution >= 0.6 is 0 Å². The summed E-state index contributed by atoms with van der Waals surface area (Å²) in [5, 5.41) is 13.3. The fraction of sp³-hybridized carbons (Fsp3) is 0.455. The Hall–Kier alpha value is -1.64. The molecule has 1 rings (SSSR count). The molecule has 0 amide bonds. The van der Waals surface area contributed by atoms with Gasteiger partial charge in [0.05, 0.1) is 4.92 Å². The first-order valence-corrected chi connectivity index (χ1v) is 5.38. The number of nitrogens with one attached hydrogen (secondary N) is 1. The molecule has 0 unspecified atom stereocenters. The van der Waals surface area contributed by atoms with E-state index >= 15 is 0 Å². The third-order valence-electron chi connectivity index (χ3n) is 2.46. The number of hydrogen-bond acceptors (Lipinski definition) is 5. The van der Waals surface area contributed by atoms with Crippen molar-refractivity contribution in [3.63, 3.8) is 0 Å². The number of ether oxygens (including phenoxy) is 2. The quantitative estimate of drug-likeness (QED) is 0.465. The summed E-state index contributed by atoms with van der Waals surface area (Å²) in [4.78, 5) is 9.65. The molecule has 106 valence electrons. The summed E-state index contributed by atoms with van der Waals surface area (Å²) in [6.07, 6.45) is -0.515. The minimum Gasteiger partial charge on any atom is -0.355 e. The molecule has 19 heavy (non-hydrogen) atoms. The van der Waals surface area contributed by atoms with Gasteiger partial charge in [-0.3, -0.25) is 10.1 Å². The summed E-state index contributed by atoms with van der Waals surface area (Å²) in [6.45, 7) is 0.258. The van der Waals surface area contributed by atoms with Crippen molar-refractivity contribution in [2.45, 2.75) is 12.8 Å². The molecule has 0 atom stereocenters. The molecule has 8 heteroatoms. The predicted molar refractivity (Wildman–Crippen MR) is 62.5 cm³/mol. The van der Waals surface area contributed by atoms with E-state index in [1.165, 1.54) is 14.2 Å². The molecule has 0 saturated carbocycles. The maximum Gasteiger partial charge on any atom is 0.305 e. The number of rotatable bonds is 7. The van der Waals surface area contributed by atoms with Gasteiger partial charge in [-0.15, -0.1) is 0 Å². The number of hydrogen-bond donors (Lipinski definition) is 1. The summed E-state index contributed by atoms with van der Waals surface area (Å²) in [6, 6.07) is 1.37. The van der Waals surface area contributed by atoms with Crippen LogP contribution in [-0.2, 0) is 16.0 Å². The molecule has 0 aromatic heterocycles. The van der Waals surface area contributed by atoms with Crippen LogP contribution in [0.5, 0.6) is 0 Å². The van der Waals surface area contributed by atoms with Gasteiger partial charge in [0, 0.05) is 45.0 Å². The summed E-state index contributed by atoms with van der Waals surface area (Å²) in [5.41, 5.74) is -0.757. The summed E-state index contributed by atoms with van der Waals surface area (Å²) in [5.74, 6) is -2.04. The number of halogens is 2. The van der Waals surface area contributed by atoms with Crippen molar-refractivity contribution in [3.05, 3.63) is 39.4 Å². The SMILES string of the molecule is COC(CNCc1cc([N+](=O)[O-])c(F)cc1F)OC. The number of nitrogens with zero attached hydrogens (tertiary/aromatic N) is 1. The normalized spacial score (nSPS) is 11.0. The lowest BCUT2D eigenvalue weighted by molar-refractivity contribution is -0.387. The Labute approximate surface area is 108 Å². The second-order valence-corrected chi connectivity index (χ2v) is 3.68. The van der Waals surface area contributed by atoms with Gasteiger partial charge < -0.3 is 14.8 Å². The van der Waals surface area contributed by atoms with Gasteiger partial charge in [0.25, 0.3) is 0 Å². The van der Waals surface area contributed by atoms with Gasteiger partial charge in [-0.2, -0.15) is 4.39 Å². The fourth-order valence-electron chi connectivity index (χ4n) is 1.44. The highest BCUT2D eigenvalue weighted by Crippen LogP contribution is 2.21. The van der Waals surface area contributed by atoms with Crippen molar-refractivity contribution in [1.29, 1.82) is 0 Å². The lowest BCUT2D eigenvalue weighted by Gasteiger charge is -2.14. The standard InChI is InChI=1S/C11H14F2N2O4/c1-18-11(19-2)6-14-5-7-3-10(15(16)17)9(13)4-8(7)12/h3-4,11,14H,5-6H2,1-2H3.